The van der Waals surface area contributed by atoms with Gasteiger partial charge >= 0.3 is 5.97 Å². The zero-order valence-electron chi connectivity index (χ0n) is 11.8. The number of nitrogens with zero attached hydrogens (tertiary/aromatic N) is 1. The fourth-order valence-corrected chi connectivity index (χ4v) is 2.42. The Morgan fingerprint density at radius 3 is 2.67 bits per heavy atom. The van der Waals surface area contributed by atoms with Gasteiger partial charge in [0.15, 0.2) is 0 Å². The van der Waals surface area contributed by atoms with Crippen molar-refractivity contribution in [1.29, 1.82) is 0 Å². The maximum atomic E-state index is 12.1. The third-order valence-corrected chi connectivity index (χ3v) is 3.70. The molecule has 5 heteroatoms. The predicted octanol–water partition coefficient (Wildman–Crippen LogP) is 3.86. The first-order valence-corrected chi connectivity index (χ1v) is 7.43. The fourth-order valence-electron chi connectivity index (χ4n) is 1.74. The Morgan fingerprint density at radius 2 is 2.05 bits per heavy atom. The van der Waals surface area contributed by atoms with Crippen LogP contribution in [0.1, 0.15) is 38.9 Å². The topological polar surface area (TPSA) is 55.7 Å². The molecule has 1 heterocycles. The molecule has 0 spiro atoms. The number of aryl methyl sites for hydroxylation is 1. The van der Waals surface area contributed by atoms with Gasteiger partial charge < -0.3 is 4.84 Å². The van der Waals surface area contributed by atoms with Crippen molar-refractivity contribution in [2.24, 2.45) is 5.16 Å². The smallest absolute Gasteiger partial charge is 0.312 e. The van der Waals surface area contributed by atoms with Crippen molar-refractivity contribution >= 4 is 28.8 Å². The Bertz CT molecular complexity index is 675. The molecule has 0 aliphatic rings. The molecular weight excluding hydrogens is 286 g/mol. The lowest BCUT2D eigenvalue weighted by Gasteiger charge is -2.02. The van der Waals surface area contributed by atoms with E-state index in [0.29, 0.717) is 16.9 Å². The van der Waals surface area contributed by atoms with Crippen LogP contribution >= 0.6 is 11.3 Å². The highest BCUT2D eigenvalue weighted by Gasteiger charge is 2.15. The van der Waals surface area contributed by atoms with Gasteiger partial charge in [-0.25, -0.2) is 4.79 Å². The first-order chi connectivity index (χ1) is 10.1. The molecule has 0 aliphatic carbocycles. The zero-order valence-corrected chi connectivity index (χ0v) is 12.6. The first kappa shape index (κ1) is 15.1. The van der Waals surface area contributed by atoms with Crippen LogP contribution in [-0.4, -0.2) is 17.5 Å². The van der Waals surface area contributed by atoms with Crippen LogP contribution in [0.25, 0.3) is 0 Å². The van der Waals surface area contributed by atoms with Gasteiger partial charge in [0.25, 0.3) is 0 Å². The molecule has 0 atom stereocenters. The number of ketones is 1. The minimum atomic E-state index is -0.566. The maximum Gasteiger partial charge on any atom is 0.365 e. The van der Waals surface area contributed by atoms with Crippen molar-refractivity contribution in [3.8, 4) is 0 Å². The molecule has 0 saturated heterocycles. The number of hydrogen-bond acceptors (Lipinski definition) is 5. The van der Waals surface area contributed by atoms with Gasteiger partial charge in [0.1, 0.15) is 5.71 Å². The van der Waals surface area contributed by atoms with Gasteiger partial charge in [0.2, 0.25) is 5.78 Å². The lowest BCUT2D eigenvalue weighted by molar-refractivity contribution is 0.0515. The van der Waals surface area contributed by atoms with Crippen molar-refractivity contribution in [2.45, 2.75) is 20.3 Å². The first-order valence-electron chi connectivity index (χ1n) is 6.55. The van der Waals surface area contributed by atoms with Gasteiger partial charge in [0, 0.05) is 0 Å². The van der Waals surface area contributed by atoms with Crippen molar-refractivity contribution in [2.75, 3.05) is 0 Å². The van der Waals surface area contributed by atoms with Gasteiger partial charge in [-0.15, -0.1) is 11.3 Å². The van der Waals surface area contributed by atoms with Crippen molar-refractivity contribution < 1.29 is 14.4 Å². The molecule has 0 amide bonds. The van der Waals surface area contributed by atoms with E-state index in [1.165, 1.54) is 11.3 Å². The summed E-state index contributed by atoms with van der Waals surface area (Å²) in [6, 6.07) is 10.5. The third-order valence-electron chi connectivity index (χ3n) is 2.83. The molecule has 0 N–H and O–H groups in total. The molecule has 0 fully saturated rings. The molecule has 0 radical (unpaired) electrons. The lowest BCUT2D eigenvalue weighted by atomic mass is 10.1. The van der Waals surface area contributed by atoms with Crippen LogP contribution in [0.3, 0.4) is 0 Å². The van der Waals surface area contributed by atoms with Crippen LogP contribution in [0.15, 0.2) is 46.9 Å². The Balaban J connectivity index is 2.11. The summed E-state index contributed by atoms with van der Waals surface area (Å²) in [5.74, 6) is -0.770. The number of carbonyl (C=O) groups excluding carboxylic acids is 2. The van der Waals surface area contributed by atoms with Crippen LogP contribution in [0, 0.1) is 6.92 Å². The van der Waals surface area contributed by atoms with Crippen LogP contribution < -0.4 is 0 Å². The molecule has 21 heavy (non-hydrogen) atoms. The number of oxime groups is 1. The molecule has 2 rings (SSSR count). The van der Waals surface area contributed by atoms with Crippen LogP contribution in [0.4, 0.5) is 0 Å². The Labute approximate surface area is 127 Å². The summed E-state index contributed by atoms with van der Waals surface area (Å²) in [6.45, 7) is 3.68. The molecule has 4 nitrogen and oxygen atoms in total. The normalized spacial score (nSPS) is 11.2. The Kier molecular flexibility index (Phi) is 5.00. The van der Waals surface area contributed by atoms with E-state index in [1.54, 1.807) is 37.3 Å². The van der Waals surface area contributed by atoms with Gasteiger partial charge in [-0.05, 0) is 36.9 Å². The zero-order chi connectivity index (χ0) is 15.2. The van der Waals surface area contributed by atoms with Crippen molar-refractivity contribution in [3.63, 3.8) is 0 Å². The summed E-state index contributed by atoms with van der Waals surface area (Å²) in [4.78, 5) is 29.5. The highest BCUT2D eigenvalue weighted by Crippen LogP contribution is 2.12. The van der Waals surface area contributed by atoms with Crippen LogP contribution in [0.5, 0.6) is 0 Å². The highest BCUT2D eigenvalue weighted by molar-refractivity contribution is 7.13. The second kappa shape index (κ2) is 6.95. The second-order valence-corrected chi connectivity index (χ2v) is 5.39. The van der Waals surface area contributed by atoms with E-state index in [1.807, 2.05) is 18.4 Å². The van der Waals surface area contributed by atoms with Gasteiger partial charge in [-0.3, -0.25) is 4.79 Å². The third kappa shape index (κ3) is 3.86. The molecule has 108 valence electrons. The summed E-state index contributed by atoms with van der Waals surface area (Å²) in [6.07, 6.45) is 0.401. The van der Waals surface area contributed by atoms with Crippen LogP contribution in [0.2, 0.25) is 0 Å². The van der Waals surface area contributed by atoms with E-state index >= 15 is 0 Å². The monoisotopic (exact) mass is 301 g/mol. The minimum Gasteiger partial charge on any atom is -0.312 e. The largest absolute Gasteiger partial charge is 0.365 e. The molecule has 1 aromatic carbocycles. The van der Waals surface area contributed by atoms with Gasteiger partial charge in [-0.2, -0.15) is 0 Å². The molecule has 2 aromatic rings. The number of Topliss-reactive ketones (excluding diaryl/α,β-unsaturated/α-hetero) is 1. The van der Waals surface area contributed by atoms with Gasteiger partial charge in [-0.1, -0.05) is 35.8 Å². The van der Waals surface area contributed by atoms with E-state index in [9.17, 15) is 9.59 Å². The van der Waals surface area contributed by atoms with Crippen molar-refractivity contribution in [1.82, 2.24) is 0 Å². The lowest BCUT2D eigenvalue weighted by Crippen LogP contribution is -2.14. The number of rotatable bonds is 5. The van der Waals surface area contributed by atoms with E-state index in [-0.39, 0.29) is 11.5 Å². The van der Waals surface area contributed by atoms with E-state index in [0.717, 1.165) is 5.56 Å². The van der Waals surface area contributed by atoms with Crippen molar-refractivity contribution in [3.05, 3.63) is 57.8 Å². The quantitative estimate of drug-likeness (QED) is 0.365. The predicted molar refractivity (Wildman–Crippen MR) is 83.0 cm³/mol. The number of hydrogen-bond donors (Lipinski definition) is 0. The molecule has 0 saturated carbocycles. The summed E-state index contributed by atoms with van der Waals surface area (Å²) >= 11 is 1.34. The SMILES string of the molecule is CC/C(=N\OC(=O)c1cccc(C)c1)C(=O)c1cccs1. The fraction of sp³-hybridized carbons (Fsp3) is 0.188. The second-order valence-electron chi connectivity index (χ2n) is 4.45. The highest BCUT2D eigenvalue weighted by atomic mass is 32.1. The molecule has 0 aliphatic heterocycles. The Hall–Kier alpha value is -2.27. The van der Waals surface area contributed by atoms with E-state index in [2.05, 4.69) is 5.16 Å². The van der Waals surface area contributed by atoms with E-state index in [4.69, 9.17) is 4.84 Å². The maximum absolute atomic E-state index is 12.1. The number of thiophene rings is 1. The van der Waals surface area contributed by atoms with E-state index < -0.39 is 5.97 Å². The summed E-state index contributed by atoms with van der Waals surface area (Å²) in [5.41, 5.74) is 1.61. The average Bonchev–Trinajstić information content (AvgIpc) is 3.01. The molecule has 0 unspecified atom stereocenters. The standard InChI is InChI=1S/C16H15NO3S/c1-3-13(15(18)14-8-5-9-21-14)17-20-16(19)12-7-4-6-11(2)10-12/h4-10H,3H2,1-2H3/b17-13+. The summed E-state index contributed by atoms with van der Waals surface area (Å²) < 4.78 is 0. The molecule has 0 bridgehead atoms. The molecular formula is C16H15NO3S. The number of carbonyl (C=O) groups is 2. The average molecular weight is 301 g/mol. The summed E-state index contributed by atoms with van der Waals surface area (Å²) in [7, 11) is 0. The van der Waals surface area contributed by atoms with Crippen LogP contribution in [-0.2, 0) is 4.84 Å². The Morgan fingerprint density at radius 1 is 1.24 bits per heavy atom. The van der Waals surface area contributed by atoms with Gasteiger partial charge in [0.05, 0.1) is 10.4 Å². The number of benzene rings is 1. The molecule has 1 aromatic heterocycles. The summed E-state index contributed by atoms with van der Waals surface area (Å²) in [5, 5.41) is 5.55. The minimum absolute atomic E-state index is 0.204.